The predicted molar refractivity (Wildman–Crippen MR) is 98.7 cm³/mol. The maximum atomic E-state index is 13.7. The van der Waals surface area contributed by atoms with Crippen LogP contribution in [0.4, 0.5) is 10.1 Å². The maximum absolute atomic E-state index is 13.7. The molecule has 2 aromatic carbocycles. The van der Waals surface area contributed by atoms with Crippen LogP contribution in [0.3, 0.4) is 0 Å². The summed E-state index contributed by atoms with van der Waals surface area (Å²) in [6, 6.07) is 12.5. The fourth-order valence-corrected chi connectivity index (χ4v) is 2.28. The minimum Gasteiger partial charge on any atom is -0.478 e. The van der Waals surface area contributed by atoms with Crippen LogP contribution in [0.2, 0.25) is 0 Å². The third-order valence-electron chi connectivity index (χ3n) is 3.61. The van der Waals surface area contributed by atoms with Crippen LogP contribution in [0.15, 0.2) is 61.2 Å². The van der Waals surface area contributed by atoms with Gasteiger partial charge in [-0.05, 0) is 30.7 Å². The highest BCUT2D eigenvalue weighted by Gasteiger charge is 2.21. The van der Waals surface area contributed by atoms with Gasteiger partial charge in [-0.1, -0.05) is 37.3 Å². The van der Waals surface area contributed by atoms with Crippen LogP contribution in [0, 0.1) is 5.82 Å². The van der Waals surface area contributed by atoms with Crippen molar-refractivity contribution in [2.45, 2.75) is 19.4 Å². The van der Waals surface area contributed by atoms with Gasteiger partial charge in [0.25, 0.3) is 11.8 Å². The number of para-hydroxylation sites is 2. The molecule has 0 saturated heterocycles. The number of benzene rings is 2. The molecule has 2 aromatic rings. The lowest BCUT2D eigenvalue weighted by molar-refractivity contribution is -0.122. The van der Waals surface area contributed by atoms with Crippen LogP contribution in [0.25, 0.3) is 0 Å². The normalized spacial score (nSPS) is 11.3. The fraction of sp³-hybridized carbons (Fsp3) is 0.200. The number of hydrogen-bond donors (Lipinski definition) is 2. The summed E-state index contributed by atoms with van der Waals surface area (Å²) in [7, 11) is 0. The van der Waals surface area contributed by atoms with Gasteiger partial charge in [-0.15, -0.1) is 6.58 Å². The van der Waals surface area contributed by atoms with Gasteiger partial charge < -0.3 is 15.4 Å². The first kappa shape index (κ1) is 19.2. The van der Waals surface area contributed by atoms with Gasteiger partial charge in [0, 0.05) is 6.54 Å². The third-order valence-corrected chi connectivity index (χ3v) is 3.61. The summed E-state index contributed by atoms with van der Waals surface area (Å²) in [5.74, 6) is -1.32. The Bertz CT molecular complexity index is 792. The number of carbonyl (C=O) groups is 2. The second-order valence-corrected chi connectivity index (χ2v) is 5.48. The van der Waals surface area contributed by atoms with Crippen molar-refractivity contribution in [2.24, 2.45) is 0 Å². The van der Waals surface area contributed by atoms with Crippen LogP contribution in [-0.4, -0.2) is 24.5 Å². The highest BCUT2D eigenvalue weighted by atomic mass is 19.1. The molecular formula is C20H21FN2O3. The zero-order valence-corrected chi connectivity index (χ0v) is 14.5. The standard InChI is InChI=1S/C20H21FN2O3/c1-3-13-22-19(24)14-9-5-7-11-16(14)23-20(25)17(4-2)26-18-12-8-6-10-15(18)21/h3,5-12,17H,1,4,13H2,2H3,(H,22,24)(H,23,25). The molecule has 0 aromatic heterocycles. The van der Waals surface area contributed by atoms with E-state index in [1.807, 2.05) is 0 Å². The number of halogens is 1. The summed E-state index contributed by atoms with van der Waals surface area (Å²) in [6.45, 7) is 5.62. The van der Waals surface area contributed by atoms with E-state index in [1.54, 1.807) is 49.4 Å². The molecule has 26 heavy (non-hydrogen) atoms. The Balaban J connectivity index is 2.14. The van der Waals surface area contributed by atoms with E-state index in [2.05, 4.69) is 17.2 Å². The zero-order chi connectivity index (χ0) is 18.9. The molecule has 2 rings (SSSR count). The van der Waals surface area contributed by atoms with Crippen LogP contribution in [0.1, 0.15) is 23.7 Å². The molecule has 136 valence electrons. The fourth-order valence-electron chi connectivity index (χ4n) is 2.28. The van der Waals surface area contributed by atoms with Crippen molar-refractivity contribution in [1.82, 2.24) is 5.32 Å². The molecule has 0 saturated carbocycles. The number of ether oxygens (including phenoxy) is 1. The quantitative estimate of drug-likeness (QED) is 0.711. The van der Waals surface area contributed by atoms with Crippen molar-refractivity contribution in [3.05, 3.63) is 72.6 Å². The minimum absolute atomic E-state index is 0.00603. The third kappa shape index (κ3) is 4.92. The summed E-state index contributed by atoms with van der Waals surface area (Å²) in [5.41, 5.74) is 0.679. The van der Waals surface area contributed by atoms with E-state index >= 15 is 0 Å². The van der Waals surface area contributed by atoms with Crippen molar-refractivity contribution >= 4 is 17.5 Å². The van der Waals surface area contributed by atoms with E-state index in [-0.39, 0.29) is 11.7 Å². The summed E-state index contributed by atoms with van der Waals surface area (Å²) in [6.07, 6.45) is 1.01. The van der Waals surface area contributed by atoms with Gasteiger partial charge in [-0.3, -0.25) is 9.59 Å². The van der Waals surface area contributed by atoms with Crippen molar-refractivity contribution in [3.8, 4) is 5.75 Å². The van der Waals surface area contributed by atoms with E-state index in [0.29, 0.717) is 24.2 Å². The van der Waals surface area contributed by atoms with Crippen LogP contribution >= 0.6 is 0 Å². The Hall–Kier alpha value is -3.15. The van der Waals surface area contributed by atoms with Gasteiger partial charge >= 0.3 is 0 Å². The predicted octanol–water partition coefficient (Wildman–Crippen LogP) is 3.54. The highest BCUT2D eigenvalue weighted by molar-refractivity contribution is 6.04. The van der Waals surface area contributed by atoms with E-state index in [1.165, 1.54) is 12.1 Å². The Morgan fingerprint density at radius 2 is 1.88 bits per heavy atom. The molecule has 1 unspecified atom stereocenters. The molecule has 0 aliphatic rings. The largest absolute Gasteiger partial charge is 0.478 e. The average molecular weight is 356 g/mol. The van der Waals surface area contributed by atoms with Gasteiger partial charge in [-0.2, -0.15) is 0 Å². The lowest BCUT2D eigenvalue weighted by atomic mass is 10.1. The van der Waals surface area contributed by atoms with Gasteiger partial charge in [-0.25, -0.2) is 4.39 Å². The molecule has 0 aliphatic carbocycles. The molecule has 5 nitrogen and oxygen atoms in total. The first-order valence-electron chi connectivity index (χ1n) is 8.27. The number of nitrogens with one attached hydrogen (secondary N) is 2. The second-order valence-electron chi connectivity index (χ2n) is 5.48. The topological polar surface area (TPSA) is 67.4 Å². The van der Waals surface area contributed by atoms with Gasteiger partial charge in [0.1, 0.15) is 0 Å². The number of rotatable bonds is 8. The second kappa shape index (κ2) is 9.36. The van der Waals surface area contributed by atoms with E-state index < -0.39 is 17.8 Å². The SMILES string of the molecule is C=CCNC(=O)c1ccccc1NC(=O)C(CC)Oc1ccccc1F. The van der Waals surface area contributed by atoms with Crippen molar-refractivity contribution < 1.29 is 18.7 Å². The molecule has 0 bridgehead atoms. The van der Waals surface area contributed by atoms with Crippen LogP contribution in [0.5, 0.6) is 5.75 Å². The Kier molecular flexibility index (Phi) is 6.91. The van der Waals surface area contributed by atoms with Crippen molar-refractivity contribution in [1.29, 1.82) is 0 Å². The molecule has 0 fully saturated rings. The Morgan fingerprint density at radius 1 is 1.19 bits per heavy atom. The number of hydrogen-bond acceptors (Lipinski definition) is 3. The van der Waals surface area contributed by atoms with Gasteiger partial charge in [0.05, 0.1) is 11.3 Å². The molecule has 2 amide bonds. The first-order valence-corrected chi connectivity index (χ1v) is 8.27. The number of amides is 2. The molecule has 0 radical (unpaired) electrons. The van der Waals surface area contributed by atoms with Crippen molar-refractivity contribution in [2.75, 3.05) is 11.9 Å². The summed E-state index contributed by atoms with van der Waals surface area (Å²) >= 11 is 0. The molecular weight excluding hydrogens is 335 g/mol. The number of anilines is 1. The van der Waals surface area contributed by atoms with E-state index in [4.69, 9.17) is 4.74 Å². The molecule has 0 aliphatic heterocycles. The summed E-state index contributed by atoms with van der Waals surface area (Å²) < 4.78 is 19.2. The number of carbonyl (C=O) groups excluding carboxylic acids is 2. The Labute approximate surface area is 151 Å². The lowest BCUT2D eigenvalue weighted by Gasteiger charge is -2.18. The lowest BCUT2D eigenvalue weighted by Crippen LogP contribution is -2.33. The van der Waals surface area contributed by atoms with Crippen LogP contribution in [-0.2, 0) is 4.79 Å². The maximum Gasteiger partial charge on any atom is 0.265 e. The molecule has 0 heterocycles. The first-order chi connectivity index (χ1) is 12.6. The average Bonchev–Trinajstić information content (AvgIpc) is 2.65. The molecule has 2 N–H and O–H groups in total. The van der Waals surface area contributed by atoms with Crippen molar-refractivity contribution in [3.63, 3.8) is 0 Å². The summed E-state index contributed by atoms with van der Waals surface area (Å²) in [4.78, 5) is 24.7. The summed E-state index contributed by atoms with van der Waals surface area (Å²) in [5, 5.41) is 5.35. The minimum atomic E-state index is -0.892. The molecule has 6 heteroatoms. The zero-order valence-electron chi connectivity index (χ0n) is 14.5. The van der Waals surface area contributed by atoms with Gasteiger partial charge in [0.2, 0.25) is 0 Å². The molecule has 1 atom stereocenters. The van der Waals surface area contributed by atoms with E-state index in [9.17, 15) is 14.0 Å². The highest BCUT2D eigenvalue weighted by Crippen LogP contribution is 2.20. The van der Waals surface area contributed by atoms with Gasteiger partial charge in [0.15, 0.2) is 17.7 Å². The Morgan fingerprint density at radius 3 is 2.58 bits per heavy atom. The monoisotopic (exact) mass is 356 g/mol. The smallest absolute Gasteiger partial charge is 0.265 e. The van der Waals surface area contributed by atoms with E-state index in [0.717, 1.165) is 0 Å². The molecule has 0 spiro atoms. The van der Waals surface area contributed by atoms with Crippen LogP contribution < -0.4 is 15.4 Å².